The van der Waals surface area contributed by atoms with E-state index >= 15 is 0 Å². The Morgan fingerprint density at radius 2 is 1.93 bits per heavy atom. The van der Waals surface area contributed by atoms with Crippen LogP contribution in [0.2, 0.25) is 0 Å². The lowest BCUT2D eigenvalue weighted by Crippen LogP contribution is -2.38. The SMILES string of the molecule is CCNC(=NCc1cccc(CN2CCOCC2)c1)NCCCOC1CCCCC1. The highest BCUT2D eigenvalue weighted by Gasteiger charge is 2.13. The van der Waals surface area contributed by atoms with E-state index in [1.807, 2.05) is 0 Å². The highest BCUT2D eigenvalue weighted by molar-refractivity contribution is 5.79. The van der Waals surface area contributed by atoms with E-state index in [1.165, 1.54) is 43.2 Å². The minimum atomic E-state index is 0.491. The Morgan fingerprint density at radius 3 is 2.73 bits per heavy atom. The Labute approximate surface area is 182 Å². The number of rotatable bonds is 10. The molecule has 0 atom stereocenters. The number of nitrogens with zero attached hydrogens (tertiary/aromatic N) is 2. The zero-order chi connectivity index (χ0) is 20.9. The van der Waals surface area contributed by atoms with Crippen LogP contribution in [-0.2, 0) is 22.6 Å². The maximum Gasteiger partial charge on any atom is 0.191 e. The molecule has 1 aromatic carbocycles. The molecule has 0 amide bonds. The van der Waals surface area contributed by atoms with E-state index in [1.54, 1.807) is 0 Å². The molecule has 1 aliphatic carbocycles. The van der Waals surface area contributed by atoms with E-state index in [2.05, 4.69) is 46.7 Å². The van der Waals surface area contributed by atoms with Crippen molar-refractivity contribution >= 4 is 5.96 Å². The quantitative estimate of drug-likeness (QED) is 0.348. The van der Waals surface area contributed by atoms with Gasteiger partial charge in [0.25, 0.3) is 0 Å². The Morgan fingerprint density at radius 1 is 1.13 bits per heavy atom. The fraction of sp³-hybridized carbons (Fsp3) is 0.708. The van der Waals surface area contributed by atoms with Gasteiger partial charge in [0.2, 0.25) is 0 Å². The van der Waals surface area contributed by atoms with Gasteiger partial charge in [-0.25, -0.2) is 4.99 Å². The molecule has 1 aliphatic heterocycles. The van der Waals surface area contributed by atoms with E-state index in [9.17, 15) is 0 Å². The first-order valence-electron chi connectivity index (χ1n) is 11.8. The topological polar surface area (TPSA) is 58.1 Å². The second kappa shape index (κ2) is 13.6. The van der Waals surface area contributed by atoms with Crippen LogP contribution in [0, 0.1) is 0 Å². The second-order valence-corrected chi connectivity index (χ2v) is 8.31. The summed E-state index contributed by atoms with van der Waals surface area (Å²) in [5, 5.41) is 6.80. The van der Waals surface area contributed by atoms with E-state index in [4.69, 9.17) is 14.5 Å². The van der Waals surface area contributed by atoms with Gasteiger partial charge in [0, 0.05) is 39.3 Å². The fourth-order valence-electron chi connectivity index (χ4n) is 4.12. The van der Waals surface area contributed by atoms with Crippen molar-refractivity contribution in [2.45, 2.75) is 64.6 Å². The lowest BCUT2D eigenvalue weighted by Gasteiger charge is -2.26. The summed E-state index contributed by atoms with van der Waals surface area (Å²) in [7, 11) is 0. The number of ether oxygens (including phenoxy) is 2. The van der Waals surface area contributed by atoms with Crippen LogP contribution in [0.3, 0.4) is 0 Å². The van der Waals surface area contributed by atoms with Gasteiger partial charge in [-0.2, -0.15) is 0 Å². The molecule has 6 nitrogen and oxygen atoms in total. The van der Waals surface area contributed by atoms with Gasteiger partial charge >= 0.3 is 0 Å². The number of morpholine rings is 1. The molecule has 2 fully saturated rings. The maximum absolute atomic E-state index is 6.02. The largest absolute Gasteiger partial charge is 0.379 e. The van der Waals surface area contributed by atoms with E-state index in [0.29, 0.717) is 12.6 Å². The number of hydrogen-bond donors (Lipinski definition) is 2. The van der Waals surface area contributed by atoms with Crippen molar-refractivity contribution in [3.05, 3.63) is 35.4 Å². The van der Waals surface area contributed by atoms with Crippen molar-refractivity contribution in [3.63, 3.8) is 0 Å². The molecule has 6 heteroatoms. The molecule has 0 unspecified atom stereocenters. The smallest absolute Gasteiger partial charge is 0.191 e. The third-order valence-electron chi connectivity index (χ3n) is 5.78. The van der Waals surface area contributed by atoms with Crippen LogP contribution in [0.15, 0.2) is 29.3 Å². The lowest BCUT2D eigenvalue weighted by molar-refractivity contribution is 0.0277. The Kier molecular flexibility index (Phi) is 10.5. The lowest BCUT2D eigenvalue weighted by atomic mass is 9.98. The number of hydrogen-bond acceptors (Lipinski definition) is 4. The van der Waals surface area contributed by atoms with Crippen LogP contribution >= 0.6 is 0 Å². The van der Waals surface area contributed by atoms with Gasteiger partial charge in [-0.05, 0) is 37.3 Å². The monoisotopic (exact) mass is 416 g/mol. The normalized spacial score (nSPS) is 19.0. The zero-order valence-corrected chi connectivity index (χ0v) is 18.7. The molecule has 1 saturated heterocycles. The van der Waals surface area contributed by atoms with E-state index in [-0.39, 0.29) is 0 Å². The summed E-state index contributed by atoms with van der Waals surface area (Å²) in [6.07, 6.45) is 8.01. The van der Waals surface area contributed by atoms with Crippen LogP contribution in [0.5, 0.6) is 0 Å². The first kappa shape index (κ1) is 23.0. The molecule has 30 heavy (non-hydrogen) atoms. The van der Waals surface area contributed by atoms with Crippen molar-refractivity contribution in [2.24, 2.45) is 4.99 Å². The molecular weight excluding hydrogens is 376 g/mol. The summed E-state index contributed by atoms with van der Waals surface area (Å²) in [6, 6.07) is 8.79. The molecule has 168 valence electrons. The van der Waals surface area contributed by atoms with Gasteiger partial charge in [-0.15, -0.1) is 0 Å². The summed E-state index contributed by atoms with van der Waals surface area (Å²) in [6.45, 7) is 10.1. The predicted molar refractivity (Wildman–Crippen MR) is 123 cm³/mol. The van der Waals surface area contributed by atoms with Gasteiger partial charge in [-0.1, -0.05) is 43.5 Å². The summed E-state index contributed by atoms with van der Waals surface area (Å²) >= 11 is 0. The number of benzene rings is 1. The Balaban J connectivity index is 1.40. The number of nitrogens with one attached hydrogen (secondary N) is 2. The van der Waals surface area contributed by atoms with Crippen LogP contribution < -0.4 is 10.6 Å². The fourth-order valence-corrected chi connectivity index (χ4v) is 4.12. The summed E-state index contributed by atoms with van der Waals surface area (Å²) in [5.41, 5.74) is 2.60. The van der Waals surface area contributed by atoms with Gasteiger partial charge < -0.3 is 20.1 Å². The minimum absolute atomic E-state index is 0.491. The summed E-state index contributed by atoms with van der Waals surface area (Å²) in [4.78, 5) is 7.23. The number of aliphatic imine (C=N–C) groups is 1. The predicted octanol–water partition coefficient (Wildman–Crippen LogP) is 3.31. The molecule has 1 heterocycles. The van der Waals surface area contributed by atoms with Crippen molar-refractivity contribution in [3.8, 4) is 0 Å². The van der Waals surface area contributed by atoms with Gasteiger partial charge in [-0.3, -0.25) is 4.90 Å². The molecule has 3 rings (SSSR count). The molecule has 0 spiro atoms. The van der Waals surface area contributed by atoms with Crippen LogP contribution in [0.1, 0.15) is 56.6 Å². The zero-order valence-electron chi connectivity index (χ0n) is 18.7. The van der Waals surface area contributed by atoms with Crippen LogP contribution in [0.4, 0.5) is 0 Å². The Bertz CT molecular complexity index is 625. The van der Waals surface area contributed by atoms with Crippen molar-refractivity contribution in [1.29, 1.82) is 0 Å². The van der Waals surface area contributed by atoms with Crippen molar-refractivity contribution in [1.82, 2.24) is 15.5 Å². The molecule has 1 aromatic rings. The molecular formula is C24H40N4O2. The summed E-state index contributed by atoms with van der Waals surface area (Å²) in [5.74, 6) is 0.883. The van der Waals surface area contributed by atoms with E-state index in [0.717, 1.165) is 64.9 Å². The Hall–Kier alpha value is -1.63. The molecule has 1 saturated carbocycles. The average molecular weight is 417 g/mol. The first-order chi connectivity index (χ1) is 14.8. The van der Waals surface area contributed by atoms with Gasteiger partial charge in [0.05, 0.1) is 25.9 Å². The minimum Gasteiger partial charge on any atom is -0.379 e. The van der Waals surface area contributed by atoms with Crippen molar-refractivity contribution < 1.29 is 9.47 Å². The second-order valence-electron chi connectivity index (χ2n) is 8.31. The third-order valence-corrected chi connectivity index (χ3v) is 5.78. The van der Waals surface area contributed by atoms with Crippen molar-refractivity contribution in [2.75, 3.05) is 46.0 Å². The molecule has 2 aliphatic rings. The molecule has 0 aromatic heterocycles. The third kappa shape index (κ3) is 8.62. The maximum atomic E-state index is 6.02. The standard InChI is InChI=1S/C24H40N4O2/c1-2-25-24(26-12-7-15-30-23-10-4-3-5-11-23)27-19-21-8-6-9-22(18-21)20-28-13-16-29-17-14-28/h6,8-9,18,23H,2-5,7,10-17,19-20H2,1H3,(H2,25,26,27). The van der Waals surface area contributed by atoms with Crippen LogP contribution in [-0.4, -0.2) is 63.0 Å². The molecule has 2 N–H and O–H groups in total. The molecule has 0 bridgehead atoms. The van der Waals surface area contributed by atoms with Gasteiger partial charge in [0.15, 0.2) is 5.96 Å². The molecule has 0 radical (unpaired) electrons. The van der Waals surface area contributed by atoms with E-state index < -0.39 is 0 Å². The summed E-state index contributed by atoms with van der Waals surface area (Å²) < 4.78 is 11.5. The highest BCUT2D eigenvalue weighted by Crippen LogP contribution is 2.20. The first-order valence-corrected chi connectivity index (χ1v) is 11.8. The average Bonchev–Trinajstić information content (AvgIpc) is 2.79. The number of guanidine groups is 1. The van der Waals surface area contributed by atoms with Crippen LogP contribution in [0.25, 0.3) is 0 Å². The van der Waals surface area contributed by atoms with Gasteiger partial charge in [0.1, 0.15) is 0 Å². The highest BCUT2D eigenvalue weighted by atomic mass is 16.5.